The zero-order valence-corrected chi connectivity index (χ0v) is 10.3. The Morgan fingerprint density at radius 3 is 2.62 bits per heavy atom. The number of anilines is 2. The van der Waals surface area contributed by atoms with Gasteiger partial charge in [0.1, 0.15) is 5.82 Å². The highest BCUT2D eigenvalue weighted by atomic mass is 19.1. The van der Waals surface area contributed by atoms with Crippen molar-refractivity contribution in [3.8, 4) is 0 Å². The highest BCUT2D eigenvalue weighted by molar-refractivity contribution is 5.52. The summed E-state index contributed by atoms with van der Waals surface area (Å²) in [6, 6.07) is 5.02. The van der Waals surface area contributed by atoms with Crippen LogP contribution in [0.25, 0.3) is 0 Å². The molecule has 3 N–H and O–H groups in total. The van der Waals surface area contributed by atoms with Crippen LogP contribution < -0.4 is 11.1 Å². The van der Waals surface area contributed by atoms with Gasteiger partial charge in [-0.05, 0) is 37.5 Å². The lowest BCUT2D eigenvalue weighted by molar-refractivity contribution is 0.482. The SMILES string of the molecule is CCC(C)CC(C)Nc1ccc(N)cc1F. The molecule has 0 saturated carbocycles. The third-order valence-electron chi connectivity index (χ3n) is 2.85. The van der Waals surface area contributed by atoms with E-state index in [0.717, 1.165) is 12.8 Å². The fourth-order valence-corrected chi connectivity index (χ4v) is 1.74. The molecule has 0 saturated heterocycles. The highest BCUT2D eigenvalue weighted by Crippen LogP contribution is 2.20. The van der Waals surface area contributed by atoms with Crippen LogP contribution in [0.3, 0.4) is 0 Å². The average Bonchev–Trinajstić information content (AvgIpc) is 2.22. The molecule has 2 unspecified atom stereocenters. The highest BCUT2D eigenvalue weighted by Gasteiger charge is 2.09. The Morgan fingerprint density at radius 1 is 1.38 bits per heavy atom. The predicted octanol–water partition coefficient (Wildman–Crippen LogP) is 3.64. The van der Waals surface area contributed by atoms with Crippen molar-refractivity contribution in [1.29, 1.82) is 0 Å². The second kappa shape index (κ2) is 5.73. The van der Waals surface area contributed by atoms with Crippen molar-refractivity contribution in [3.05, 3.63) is 24.0 Å². The Bertz CT molecular complexity index is 339. The summed E-state index contributed by atoms with van der Waals surface area (Å²) < 4.78 is 13.5. The summed E-state index contributed by atoms with van der Waals surface area (Å²) in [5, 5.41) is 3.17. The maximum absolute atomic E-state index is 13.5. The summed E-state index contributed by atoms with van der Waals surface area (Å²) in [6.45, 7) is 6.45. The van der Waals surface area contributed by atoms with Gasteiger partial charge in [0.25, 0.3) is 0 Å². The van der Waals surface area contributed by atoms with Gasteiger partial charge in [-0.2, -0.15) is 0 Å². The molecule has 2 atom stereocenters. The van der Waals surface area contributed by atoms with Crippen LogP contribution in [-0.4, -0.2) is 6.04 Å². The molecule has 0 aliphatic rings. The van der Waals surface area contributed by atoms with Gasteiger partial charge in [0.15, 0.2) is 0 Å². The maximum Gasteiger partial charge on any atom is 0.148 e. The van der Waals surface area contributed by atoms with E-state index in [9.17, 15) is 4.39 Å². The summed E-state index contributed by atoms with van der Waals surface area (Å²) in [7, 11) is 0. The quantitative estimate of drug-likeness (QED) is 0.749. The van der Waals surface area contributed by atoms with Crippen LogP contribution in [0.1, 0.15) is 33.6 Å². The number of hydrogen-bond acceptors (Lipinski definition) is 2. The molecular formula is C13H21FN2. The van der Waals surface area contributed by atoms with E-state index in [1.807, 2.05) is 0 Å². The van der Waals surface area contributed by atoms with E-state index in [4.69, 9.17) is 5.73 Å². The second-order valence-corrected chi connectivity index (χ2v) is 4.53. The smallest absolute Gasteiger partial charge is 0.148 e. The Kier molecular flexibility index (Phi) is 4.59. The second-order valence-electron chi connectivity index (χ2n) is 4.53. The van der Waals surface area contributed by atoms with Gasteiger partial charge in [0.2, 0.25) is 0 Å². The number of hydrogen-bond donors (Lipinski definition) is 2. The van der Waals surface area contributed by atoms with Gasteiger partial charge in [-0.1, -0.05) is 20.3 Å². The molecule has 1 aromatic rings. The summed E-state index contributed by atoms with van der Waals surface area (Å²) in [5.41, 5.74) is 6.48. The van der Waals surface area contributed by atoms with E-state index in [0.29, 0.717) is 17.3 Å². The molecule has 1 aromatic carbocycles. The molecule has 3 heteroatoms. The first-order valence-electron chi connectivity index (χ1n) is 5.84. The fourth-order valence-electron chi connectivity index (χ4n) is 1.74. The maximum atomic E-state index is 13.5. The summed E-state index contributed by atoms with van der Waals surface area (Å²) in [4.78, 5) is 0. The van der Waals surface area contributed by atoms with Crippen molar-refractivity contribution in [3.63, 3.8) is 0 Å². The molecule has 0 aliphatic carbocycles. The van der Waals surface area contributed by atoms with Crippen LogP contribution in [0, 0.1) is 11.7 Å². The fraction of sp³-hybridized carbons (Fsp3) is 0.538. The molecule has 16 heavy (non-hydrogen) atoms. The van der Waals surface area contributed by atoms with Gasteiger partial charge < -0.3 is 11.1 Å². The molecule has 1 rings (SSSR count). The monoisotopic (exact) mass is 224 g/mol. The minimum absolute atomic E-state index is 0.271. The minimum atomic E-state index is -0.281. The van der Waals surface area contributed by atoms with Crippen molar-refractivity contribution in [2.45, 2.75) is 39.7 Å². The Hall–Kier alpha value is -1.25. The topological polar surface area (TPSA) is 38.0 Å². The minimum Gasteiger partial charge on any atom is -0.399 e. The molecule has 90 valence electrons. The Morgan fingerprint density at radius 2 is 2.06 bits per heavy atom. The molecule has 2 nitrogen and oxygen atoms in total. The van der Waals surface area contributed by atoms with Gasteiger partial charge >= 0.3 is 0 Å². The van der Waals surface area contributed by atoms with E-state index < -0.39 is 0 Å². The molecule has 0 aromatic heterocycles. The van der Waals surface area contributed by atoms with Crippen LogP contribution in [-0.2, 0) is 0 Å². The third kappa shape index (κ3) is 3.72. The van der Waals surface area contributed by atoms with E-state index in [2.05, 4.69) is 26.1 Å². The average molecular weight is 224 g/mol. The molecule has 0 spiro atoms. The number of nitrogens with one attached hydrogen (secondary N) is 1. The molecule has 0 amide bonds. The van der Waals surface area contributed by atoms with E-state index >= 15 is 0 Å². The first kappa shape index (κ1) is 12.8. The zero-order chi connectivity index (χ0) is 12.1. The first-order chi connectivity index (χ1) is 7.52. The molecule has 0 fully saturated rings. The number of nitrogens with two attached hydrogens (primary N) is 1. The van der Waals surface area contributed by atoms with Crippen LogP contribution in [0.5, 0.6) is 0 Å². The van der Waals surface area contributed by atoms with E-state index in [1.165, 1.54) is 6.07 Å². The standard InChI is InChI=1S/C13H21FN2/c1-4-9(2)7-10(3)16-13-6-5-11(15)8-12(13)14/h5-6,8-10,16H,4,7,15H2,1-3H3. The van der Waals surface area contributed by atoms with E-state index in [-0.39, 0.29) is 11.9 Å². The van der Waals surface area contributed by atoms with Gasteiger partial charge in [0.05, 0.1) is 5.69 Å². The summed E-state index contributed by atoms with van der Waals surface area (Å²) in [5.74, 6) is 0.371. The van der Waals surface area contributed by atoms with Gasteiger partial charge in [-0.25, -0.2) is 4.39 Å². The molecule has 0 radical (unpaired) electrons. The van der Waals surface area contributed by atoms with Crippen molar-refractivity contribution < 1.29 is 4.39 Å². The van der Waals surface area contributed by atoms with Gasteiger partial charge in [0, 0.05) is 11.7 Å². The van der Waals surface area contributed by atoms with Crippen molar-refractivity contribution >= 4 is 11.4 Å². The van der Waals surface area contributed by atoms with E-state index in [1.54, 1.807) is 12.1 Å². The predicted molar refractivity (Wildman–Crippen MR) is 68.0 cm³/mol. The lowest BCUT2D eigenvalue weighted by atomic mass is 10.0. The number of benzene rings is 1. The first-order valence-corrected chi connectivity index (χ1v) is 5.84. The molecular weight excluding hydrogens is 203 g/mol. The van der Waals surface area contributed by atoms with Gasteiger partial charge in [-0.3, -0.25) is 0 Å². The Labute approximate surface area is 97.0 Å². The molecule has 0 aliphatic heterocycles. The third-order valence-corrected chi connectivity index (χ3v) is 2.85. The van der Waals surface area contributed by atoms with Crippen LogP contribution in [0.15, 0.2) is 18.2 Å². The Balaban J connectivity index is 2.59. The largest absolute Gasteiger partial charge is 0.399 e. The van der Waals surface area contributed by atoms with Crippen LogP contribution in [0.2, 0.25) is 0 Å². The normalized spacial score (nSPS) is 14.5. The number of nitrogen functional groups attached to an aromatic ring is 1. The van der Waals surface area contributed by atoms with Crippen LogP contribution >= 0.6 is 0 Å². The van der Waals surface area contributed by atoms with Gasteiger partial charge in [-0.15, -0.1) is 0 Å². The number of halogens is 1. The summed E-state index contributed by atoms with van der Waals surface area (Å²) in [6.07, 6.45) is 2.19. The van der Waals surface area contributed by atoms with Crippen molar-refractivity contribution in [2.24, 2.45) is 5.92 Å². The zero-order valence-electron chi connectivity index (χ0n) is 10.3. The molecule has 0 bridgehead atoms. The van der Waals surface area contributed by atoms with Crippen LogP contribution in [0.4, 0.5) is 15.8 Å². The number of rotatable bonds is 5. The van der Waals surface area contributed by atoms with Crippen molar-refractivity contribution in [1.82, 2.24) is 0 Å². The molecule has 0 heterocycles. The lowest BCUT2D eigenvalue weighted by Gasteiger charge is -2.19. The van der Waals surface area contributed by atoms with Crippen molar-refractivity contribution in [2.75, 3.05) is 11.1 Å². The summed E-state index contributed by atoms with van der Waals surface area (Å²) >= 11 is 0. The lowest BCUT2D eigenvalue weighted by Crippen LogP contribution is -2.19.